The Morgan fingerprint density at radius 3 is 2.65 bits per heavy atom. The topological polar surface area (TPSA) is 79.0 Å². The van der Waals surface area contributed by atoms with Gasteiger partial charge in [0.1, 0.15) is 5.00 Å². The Balaban J connectivity index is 1.88. The van der Waals surface area contributed by atoms with Crippen LogP contribution in [0.1, 0.15) is 51.4 Å². The van der Waals surface area contributed by atoms with E-state index in [1.54, 1.807) is 27.9 Å². The molecule has 2 aromatic rings. The molecule has 0 aliphatic carbocycles. The molecular formula is C23H29N3O4S. The molecule has 1 N–H and O–H groups in total. The smallest absolute Gasteiger partial charge is 0.341 e. The molecule has 2 heterocycles. The zero-order chi connectivity index (χ0) is 22.7. The Hall–Kier alpha value is -2.87. The molecule has 0 unspecified atom stereocenters. The third-order valence-electron chi connectivity index (χ3n) is 5.46. The van der Waals surface area contributed by atoms with Crippen molar-refractivity contribution in [3.63, 3.8) is 0 Å². The van der Waals surface area contributed by atoms with Crippen LogP contribution in [0.25, 0.3) is 0 Å². The minimum absolute atomic E-state index is 0.161. The van der Waals surface area contributed by atoms with Crippen molar-refractivity contribution >= 4 is 39.8 Å². The number of carbonyl (C=O) groups excluding carboxylic acids is 3. The van der Waals surface area contributed by atoms with Gasteiger partial charge in [-0.2, -0.15) is 0 Å². The van der Waals surface area contributed by atoms with E-state index in [2.05, 4.69) is 23.2 Å². The van der Waals surface area contributed by atoms with Gasteiger partial charge in [0.15, 0.2) is 0 Å². The second-order valence-electron chi connectivity index (χ2n) is 7.87. The number of aryl methyl sites for hydroxylation is 1. The molecule has 1 aliphatic rings. The molecule has 3 rings (SSSR count). The van der Waals surface area contributed by atoms with Crippen LogP contribution in [0.3, 0.4) is 0 Å². The summed E-state index contributed by atoms with van der Waals surface area (Å²) in [6.45, 7) is 5.91. The van der Waals surface area contributed by atoms with Gasteiger partial charge >= 0.3 is 5.97 Å². The summed E-state index contributed by atoms with van der Waals surface area (Å²) in [6, 6.07) is 8.33. The molecule has 0 bridgehead atoms. The van der Waals surface area contributed by atoms with Crippen LogP contribution in [-0.2, 0) is 16.0 Å². The highest BCUT2D eigenvalue weighted by Gasteiger charge is 2.29. The van der Waals surface area contributed by atoms with Crippen LogP contribution in [-0.4, -0.2) is 56.0 Å². The van der Waals surface area contributed by atoms with Gasteiger partial charge < -0.3 is 19.9 Å². The number of thiophene rings is 1. The highest BCUT2D eigenvalue weighted by atomic mass is 32.1. The number of ether oxygens (including phenoxy) is 1. The summed E-state index contributed by atoms with van der Waals surface area (Å²) < 4.78 is 5.18. The highest BCUT2D eigenvalue weighted by molar-refractivity contribution is 7.18. The number of esters is 1. The molecule has 2 amide bonds. The molecule has 31 heavy (non-hydrogen) atoms. The van der Waals surface area contributed by atoms with Crippen LogP contribution < -0.4 is 10.2 Å². The lowest BCUT2D eigenvalue weighted by molar-refractivity contribution is -0.115. The van der Waals surface area contributed by atoms with Crippen LogP contribution in [0.15, 0.2) is 24.3 Å². The maximum Gasteiger partial charge on any atom is 0.341 e. The number of hydrogen-bond acceptors (Lipinski definition) is 6. The van der Waals surface area contributed by atoms with E-state index in [1.807, 2.05) is 18.2 Å². The molecule has 0 spiro atoms. The lowest BCUT2D eigenvalue weighted by atomic mass is 9.96. The normalized spacial score (nSPS) is 15.3. The average molecular weight is 444 g/mol. The fourth-order valence-corrected chi connectivity index (χ4v) is 5.01. The molecule has 0 saturated heterocycles. The van der Waals surface area contributed by atoms with E-state index in [9.17, 15) is 14.4 Å². The molecule has 1 aromatic heterocycles. The second kappa shape index (κ2) is 9.51. The van der Waals surface area contributed by atoms with Crippen molar-refractivity contribution < 1.29 is 19.1 Å². The first-order valence-electron chi connectivity index (χ1n) is 10.4. The van der Waals surface area contributed by atoms with Gasteiger partial charge in [0, 0.05) is 25.8 Å². The third-order valence-corrected chi connectivity index (χ3v) is 6.65. The molecule has 7 nitrogen and oxygen atoms in total. The largest absolute Gasteiger partial charge is 0.462 e. The van der Waals surface area contributed by atoms with E-state index in [0.29, 0.717) is 15.4 Å². The van der Waals surface area contributed by atoms with Crippen LogP contribution in [0, 0.1) is 6.92 Å². The van der Waals surface area contributed by atoms with Crippen molar-refractivity contribution in [2.24, 2.45) is 0 Å². The number of benzene rings is 1. The Morgan fingerprint density at radius 1 is 1.26 bits per heavy atom. The molecule has 0 saturated carbocycles. The Labute approximate surface area is 187 Å². The van der Waals surface area contributed by atoms with Gasteiger partial charge in [-0.15, -0.1) is 11.3 Å². The summed E-state index contributed by atoms with van der Waals surface area (Å²) in [5.41, 5.74) is 3.06. The average Bonchev–Trinajstić information content (AvgIpc) is 3.05. The van der Waals surface area contributed by atoms with E-state index >= 15 is 0 Å². The van der Waals surface area contributed by atoms with Crippen LogP contribution >= 0.6 is 11.3 Å². The van der Waals surface area contributed by atoms with E-state index in [-0.39, 0.29) is 36.6 Å². The number of para-hydroxylation sites is 1. The summed E-state index contributed by atoms with van der Waals surface area (Å²) in [6.07, 6.45) is 1.96. The first-order valence-corrected chi connectivity index (χ1v) is 11.2. The maximum absolute atomic E-state index is 13.0. The van der Waals surface area contributed by atoms with Gasteiger partial charge in [-0.1, -0.05) is 18.2 Å². The van der Waals surface area contributed by atoms with Crippen molar-refractivity contribution in [2.45, 2.75) is 39.7 Å². The summed E-state index contributed by atoms with van der Waals surface area (Å²) in [5, 5.41) is 3.22. The lowest BCUT2D eigenvalue weighted by Crippen LogP contribution is -2.42. The maximum atomic E-state index is 13.0. The molecule has 1 aromatic carbocycles. The molecule has 1 aliphatic heterocycles. The summed E-state index contributed by atoms with van der Waals surface area (Å²) in [7, 11) is 3.30. The predicted molar refractivity (Wildman–Crippen MR) is 123 cm³/mol. The number of rotatable bonds is 6. The Bertz CT molecular complexity index is 999. The fraction of sp³-hybridized carbons (Fsp3) is 0.435. The van der Waals surface area contributed by atoms with Crippen molar-refractivity contribution in [1.29, 1.82) is 0 Å². The number of hydrogen-bond donors (Lipinski definition) is 1. The first kappa shape index (κ1) is 22.8. The number of nitrogens with zero attached hydrogens (tertiary/aromatic N) is 2. The first-order chi connectivity index (χ1) is 14.7. The van der Waals surface area contributed by atoms with E-state index in [0.717, 1.165) is 29.9 Å². The minimum atomic E-state index is -0.541. The zero-order valence-electron chi connectivity index (χ0n) is 18.7. The standard InChI is InChI=1S/C23H29N3O4S/c1-6-30-23(29)19-15(3)20(22(28)25(4)5)31-21(19)24-18(27)13-26-14(2)11-12-16-9-7-8-10-17(16)26/h7-10,14H,6,11-13H2,1-5H3,(H,24,27)/t14-/m1/s1. The molecule has 166 valence electrons. The van der Waals surface area contributed by atoms with E-state index in [1.165, 1.54) is 10.5 Å². The van der Waals surface area contributed by atoms with Gasteiger partial charge in [0.05, 0.1) is 23.6 Å². The number of fused-ring (bicyclic) bond motifs is 1. The van der Waals surface area contributed by atoms with E-state index < -0.39 is 5.97 Å². The minimum Gasteiger partial charge on any atom is -0.462 e. The molecule has 1 atom stereocenters. The van der Waals surface area contributed by atoms with Crippen molar-refractivity contribution in [2.75, 3.05) is 37.5 Å². The molecule has 8 heteroatoms. The summed E-state index contributed by atoms with van der Waals surface area (Å²) in [4.78, 5) is 42.1. The number of carbonyl (C=O) groups is 3. The van der Waals surface area contributed by atoms with Crippen LogP contribution in [0.5, 0.6) is 0 Å². The Morgan fingerprint density at radius 2 is 1.97 bits per heavy atom. The summed E-state index contributed by atoms with van der Waals surface area (Å²) in [5.74, 6) is -0.993. The second-order valence-corrected chi connectivity index (χ2v) is 8.89. The monoisotopic (exact) mass is 443 g/mol. The van der Waals surface area contributed by atoms with E-state index in [4.69, 9.17) is 4.74 Å². The van der Waals surface area contributed by atoms with Crippen molar-refractivity contribution in [3.8, 4) is 0 Å². The van der Waals surface area contributed by atoms with Crippen molar-refractivity contribution in [1.82, 2.24) is 4.90 Å². The van der Waals surface area contributed by atoms with Crippen molar-refractivity contribution in [3.05, 3.63) is 45.8 Å². The number of anilines is 2. The highest BCUT2D eigenvalue weighted by Crippen LogP contribution is 2.35. The molecule has 0 radical (unpaired) electrons. The van der Waals surface area contributed by atoms with Gasteiger partial charge in [-0.25, -0.2) is 4.79 Å². The lowest BCUT2D eigenvalue weighted by Gasteiger charge is -2.36. The zero-order valence-corrected chi connectivity index (χ0v) is 19.5. The number of amides is 2. The quantitative estimate of drug-likeness (QED) is 0.689. The van der Waals surface area contributed by atoms with Gasteiger partial charge in [-0.05, 0) is 50.8 Å². The molecular weight excluding hydrogens is 414 g/mol. The SMILES string of the molecule is CCOC(=O)c1c(NC(=O)CN2c3ccccc3CC[C@H]2C)sc(C(=O)N(C)C)c1C. The van der Waals surface area contributed by atoms with Gasteiger partial charge in [-0.3, -0.25) is 9.59 Å². The predicted octanol–water partition coefficient (Wildman–Crippen LogP) is 3.71. The Kier molecular flexibility index (Phi) is 7.00. The molecule has 0 fully saturated rings. The van der Waals surface area contributed by atoms with Gasteiger partial charge in [0.25, 0.3) is 5.91 Å². The summed E-state index contributed by atoms with van der Waals surface area (Å²) >= 11 is 1.11. The number of nitrogens with one attached hydrogen (secondary N) is 1. The van der Waals surface area contributed by atoms with Crippen LogP contribution in [0.2, 0.25) is 0 Å². The van der Waals surface area contributed by atoms with Gasteiger partial charge in [0.2, 0.25) is 5.91 Å². The third kappa shape index (κ3) is 4.74. The van der Waals surface area contributed by atoms with Crippen LogP contribution in [0.4, 0.5) is 10.7 Å². The fourth-order valence-electron chi connectivity index (χ4n) is 3.78.